The Labute approximate surface area is 80.9 Å². The molecule has 3 nitrogen and oxygen atoms in total. The Hall–Kier alpha value is -0.120. The highest BCUT2D eigenvalue weighted by atomic mass is 16.3. The smallest absolute Gasteiger partial charge is 0.0546 e. The summed E-state index contributed by atoms with van der Waals surface area (Å²) in [5.74, 6) is 0.734. The number of aliphatic hydroxyl groups excluding tert-OH is 1. The van der Waals surface area contributed by atoms with Crippen LogP contribution in [-0.2, 0) is 0 Å². The Morgan fingerprint density at radius 2 is 2.08 bits per heavy atom. The van der Waals surface area contributed by atoms with Gasteiger partial charge in [0.05, 0.1) is 6.10 Å². The first kappa shape index (κ1) is 11.0. The number of nitrogens with zero attached hydrogens (tertiary/aromatic N) is 1. The van der Waals surface area contributed by atoms with Crippen LogP contribution in [0.2, 0.25) is 0 Å². The molecule has 1 saturated carbocycles. The molecule has 0 radical (unpaired) electrons. The molecule has 78 valence electrons. The van der Waals surface area contributed by atoms with Gasteiger partial charge in [-0.2, -0.15) is 0 Å². The summed E-state index contributed by atoms with van der Waals surface area (Å²) in [4.78, 5) is 2.35. The lowest BCUT2D eigenvalue weighted by Gasteiger charge is -2.34. The van der Waals surface area contributed by atoms with Gasteiger partial charge in [0.25, 0.3) is 0 Å². The van der Waals surface area contributed by atoms with Crippen molar-refractivity contribution in [3.8, 4) is 0 Å². The largest absolute Gasteiger partial charge is 0.393 e. The van der Waals surface area contributed by atoms with Crippen LogP contribution in [0.3, 0.4) is 0 Å². The lowest BCUT2D eigenvalue weighted by molar-refractivity contribution is 0.0282. The number of aliphatic hydroxyl groups is 1. The van der Waals surface area contributed by atoms with E-state index in [2.05, 4.69) is 11.9 Å². The zero-order chi connectivity index (χ0) is 9.68. The van der Waals surface area contributed by atoms with Crippen LogP contribution in [0.25, 0.3) is 0 Å². The molecular formula is C10H22N2O. The van der Waals surface area contributed by atoms with Crippen molar-refractivity contribution in [2.45, 2.75) is 31.8 Å². The molecule has 0 aromatic carbocycles. The van der Waals surface area contributed by atoms with Crippen molar-refractivity contribution >= 4 is 0 Å². The van der Waals surface area contributed by atoms with Crippen LogP contribution < -0.4 is 5.73 Å². The molecule has 0 aromatic heterocycles. The Morgan fingerprint density at radius 3 is 2.62 bits per heavy atom. The molecule has 3 N–H and O–H groups in total. The fraction of sp³-hybridized carbons (Fsp3) is 1.00. The van der Waals surface area contributed by atoms with E-state index in [0.29, 0.717) is 0 Å². The Bertz CT molecular complexity index is 135. The highest BCUT2D eigenvalue weighted by molar-refractivity contribution is 4.80. The molecule has 0 bridgehead atoms. The maximum atomic E-state index is 9.11. The summed E-state index contributed by atoms with van der Waals surface area (Å²) in [6, 6.07) is 0. The molecule has 1 fully saturated rings. The van der Waals surface area contributed by atoms with Crippen LogP contribution in [0.15, 0.2) is 0 Å². The third-order valence-electron chi connectivity index (χ3n) is 2.77. The van der Waals surface area contributed by atoms with Crippen LogP contribution in [0.4, 0.5) is 0 Å². The third-order valence-corrected chi connectivity index (χ3v) is 2.77. The molecule has 0 spiro atoms. The van der Waals surface area contributed by atoms with E-state index in [-0.39, 0.29) is 6.10 Å². The second-order valence-electron chi connectivity index (χ2n) is 4.25. The summed E-state index contributed by atoms with van der Waals surface area (Å²) < 4.78 is 0. The molecule has 0 heterocycles. The van der Waals surface area contributed by atoms with E-state index in [1.54, 1.807) is 0 Å². The van der Waals surface area contributed by atoms with E-state index in [0.717, 1.165) is 44.8 Å². The second-order valence-corrected chi connectivity index (χ2v) is 4.25. The van der Waals surface area contributed by atoms with Crippen molar-refractivity contribution in [3.05, 3.63) is 0 Å². The van der Waals surface area contributed by atoms with E-state index in [4.69, 9.17) is 10.8 Å². The summed E-state index contributed by atoms with van der Waals surface area (Å²) in [5.41, 5.74) is 5.42. The van der Waals surface area contributed by atoms with Crippen LogP contribution >= 0.6 is 0 Å². The quantitative estimate of drug-likeness (QED) is 0.591. The fourth-order valence-corrected chi connectivity index (χ4v) is 1.91. The third kappa shape index (κ3) is 4.07. The van der Waals surface area contributed by atoms with Crippen LogP contribution in [-0.4, -0.2) is 42.8 Å². The number of hydrogen-bond donors (Lipinski definition) is 2. The van der Waals surface area contributed by atoms with Gasteiger partial charge in [-0.3, -0.25) is 0 Å². The fourth-order valence-electron chi connectivity index (χ4n) is 1.91. The first-order valence-electron chi connectivity index (χ1n) is 5.29. The van der Waals surface area contributed by atoms with Crippen LogP contribution in [0.5, 0.6) is 0 Å². The van der Waals surface area contributed by atoms with Crippen molar-refractivity contribution < 1.29 is 5.11 Å². The predicted octanol–water partition coefficient (Wildman–Crippen LogP) is 0.428. The Morgan fingerprint density at radius 1 is 1.38 bits per heavy atom. The standard InChI is InChI=1S/C10H22N2O/c1-12(5-3-2-4-11)8-9-6-10(13)7-9/h9-10,13H,2-8,11H2,1H3. The maximum Gasteiger partial charge on any atom is 0.0546 e. The molecule has 1 aliphatic carbocycles. The van der Waals surface area contributed by atoms with Gasteiger partial charge in [-0.15, -0.1) is 0 Å². The van der Waals surface area contributed by atoms with Gasteiger partial charge in [-0.25, -0.2) is 0 Å². The van der Waals surface area contributed by atoms with Crippen LogP contribution in [0.1, 0.15) is 25.7 Å². The van der Waals surface area contributed by atoms with Gasteiger partial charge < -0.3 is 15.7 Å². The molecule has 0 aliphatic heterocycles. The summed E-state index contributed by atoms with van der Waals surface area (Å²) in [5, 5.41) is 9.11. The average molecular weight is 186 g/mol. The molecule has 0 saturated heterocycles. The number of unbranched alkanes of at least 4 members (excludes halogenated alkanes) is 1. The summed E-state index contributed by atoms with van der Waals surface area (Å²) >= 11 is 0. The van der Waals surface area contributed by atoms with E-state index in [9.17, 15) is 0 Å². The van der Waals surface area contributed by atoms with Gasteiger partial charge in [-0.1, -0.05) is 0 Å². The van der Waals surface area contributed by atoms with Gasteiger partial charge in [0.1, 0.15) is 0 Å². The van der Waals surface area contributed by atoms with Crippen LogP contribution in [0, 0.1) is 5.92 Å². The van der Waals surface area contributed by atoms with Crippen molar-refractivity contribution in [1.82, 2.24) is 4.90 Å². The van der Waals surface area contributed by atoms with Crippen molar-refractivity contribution in [2.75, 3.05) is 26.7 Å². The molecule has 1 aliphatic rings. The number of rotatable bonds is 6. The van der Waals surface area contributed by atoms with Gasteiger partial charge in [0, 0.05) is 6.54 Å². The van der Waals surface area contributed by atoms with Gasteiger partial charge in [-0.05, 0) is 51.7 Å². The highest BCUT2D eigenvalue weighted by Crippen LogP contribution is 2.27. The summed E-state index contributed by atoms with van der Waals surface area (Å²) in [6.07, 6.45) is 4.31. The van der Waals surface area contributed by atoms with Gasteiger partial charge in [0.2, 0.25) is 0 Å². The lowest BCUT2D eigenvalue weighted by Crippen LogP contribution is -2.37. The number of hydrogen-bond acceptors (Lipinski definition) is 3. The van der Waals surface area contributed by atoms with Crippen molar-refractivity contribution in [3.63, 3.8) is 0 Å². The van der Waals surface area contributed by atoms with E-state index < -0.39 is 0 Å². The summed E-state index contributed by atoms with van der Waals surface area (Å²) in [6.45, 7) is 3.08. The highest BCUT2D eigenvalue weighted by Gasteiger charge is 2.27. The lowest BCUT2D eigenvalue weighted by atomic mass is 9.82. The molecule has 0 unspecified atom stereocenters. The first-order valence-corrected chi connectivity index (χ1v) is 5.29. The Balaban J connectivity index is 1.95. The molecular weight excluding hydrogens is 164 g/mol. The molecule has 0 aromatic rings. The topological polar surface area (TPSA) is 49.5 Å². The predicted molar refractivity (Wildman–Crippen MR) is 54.5 cm³/mol. The molecule has 3 heteroatoms. The molecule has 13 heavy (non-hydrogen) atoms. The zero-order valence-corrected chi connectivity index (χ0v) is 8.58. The maximum absolute atomic E-state index is 9.11. The Kier molecular flexibility index (Phi) is 4.70. The molecule has 0 amide bonds. The summed E-state index contributed by atoms with van der Waals surface area (Å²) in [7, 11) is 2.15. The number of nitrogens with two attached hydrogens (primary N) is 1. The van der Waals surface area contributed by atoms with Gasteiger partial charge >= 0.3 is 0 Å². The molecule has 1 rings (SSSR count). The molecule has 0 atom stereocenters. The van der Waals surface area contributed by atoms with E-state index in [1.807, 2.05) is 0 Å². The first-order chi connectivity index (χ1) is 6.22. The SMILES string of the molecule is CN(CCCCN)CC1CC(O)C1. The van der Waals surface area contributed by atoms with E-state index in [1.165, 1.54) is 6.42 Å². The second kappa shape index (κ2) is 5.58. The zero-order valence-electron chi connectivity index (χ0n) is 8.58. The average Bonchev–Trinajstić information content (AvgIpc) is 2.02. The van der Waals surface area contributed by atoms with E-state index >= 15 is 0 Å². The van der Waals surface area contributed by atoms with Gasteiger partial charge in [0.15, 0.2) is 0 Å². The minimum absolute atomic E-state index is 0.0116. The van der Waals surface area contributed by atoms with Crippen molar-refractivity contribution in [1.29, 1.82) is 0 Å². The monoisotopic (exact) mass is 186 g/mol. The minimum Gasteiger partial charge on any atom is -0.393 e. The normalized spacial score (nSPS) is 27.7. The van der Waals surface area contributed by atoms with Crippen molar-refractivity contribution in [2.24, 2.45) is 11.7 Å². The minimum atomic E-state index is -0.0116.